The number of rotatable bonds is 6. The van der Waals surface area contributed by atoms with Gasteiger partial charge in [0.1, 0.15) is 5.82 Å². The van der Waals surface area contributed by atoms with Crippen molar-refractivity contribution >= 4 is 16.9 Å². The van der Waals surface area contributed by atoms with Crippen molar-refractivity contribution in [2.24, 2.45) is 0 Å². The van der Waals surface area contributed by atoms with E-state index in [2.05, 4.69) is 15.3 Å². The number of methoxy groups -OCH3 is 1. The van der Waals surface area contributed by atoms with Gasteiger partial charge in [0.05, 0.1) is 24.2 Å². The maximum atomic E-state index is 12.1. The molecule has 0 saturated heterocycles. The lowest BCUT2D eigenvalue weighted by Crippen LogP contribution is -2.31. The van der Waals surface area contributed by atoms with E-state index in [0.717, 1.165) is 11.0 Å². The summed E-state index contributed by atoms with van der Waals surface area (Å²) in [5, 5.41) is 2.87. The topological polar surface area (TPSA) is 76.2 Å². The predicted molar refractivity (Wildman–Crippen MR) is 91.1 cm³/mol. The Hall–Kier alpha value is -3.02. The van der Waals surface area contributed by atoms with Gasteiger partial charge in [0.15, 0.2) is 18.1 Å². The first-order chi connectivity index (χ1) is 11.7. The van der Waals surface area contributed by atoms with E-state index in [1.54, 1.807) is 19.2 Å². The minimum absolute atomic E-state index is 0.0923. The minimum atomic E-state index is -0.244. The molecule has 3 rings (SSSR count). The van der Waals surface area contributed by atoms with Crippen molar-refractivity contribution in [3.05, 3.63) is 54.4 Å². The van der Waals surface area contributed by atoms with Crippen LogP contribution in [0.3, 0.4) is 0 Å². The van der Waals surface area contributed by atoms with Crippen LogP contribution in [0, 0.1) is 0 Å². The number of imidazole rings is 1. The molecule has 0 aliphatic carbocycles. The first kappa shape index (κ1) is 15.9. The van der Waals surface area contributed by atoms with Crippen LogP contribution in [-0.2, 0) is 4.79 Å². The molecule has 24 heavy (non-hydrogen) atoms. The van der Waals surface area contributed by atoms with Gasteiger partial charge in [-0.1, -0.05) is 24.3 Å². The van der Waals surface area contributed by atoms with Crippen LogP contribution in [0.5, 0.6) is 11.5 Å². The number of nitrogens with one attached hydrogen (secondary N) is 2. The number of ether oxygens (including phenoxy) is 2. The molecule has 1 aromatic heterocycles. The third-order valence-corrected chi connectivity index (χ3v) is 3.62. The number of hydrogen-bond acceptors (Lipinski definition) is 4. The van der Waals surface area contributed by atoms with Crippen LogP contribution < -0.4 is 14.8 Å². The summed E-state index contributed by atoms with van der Waals surface area (Å²) in [5.41, 5.74) is 1.82. The summed E-state index contributed by atoms with van der Waals surface area (Å²) >= 11 is 0. The highest BCUT2D eigenvalue weighted by Crippen LogP contribution is 2.25. The van der Waals surface area contributed by atoms with Crippen LogP contribution >= 0.6 is 0 Å². The number of amides is 1. The summed E-state index contributed by atoms with van der Waals surface area (Å²) in [7, 11) is 1.56. The fourth-order valence-corrected chi connectivity index (χ4v) is 2.41. The summed E-state index contributed by atoms with van der Waals surface area (Å²) in [6.07, 6.45) is 0. The maximum Gasteiger partial charge on any atom is 0.258 e. The Balaban J connectivity index is 1.60. The van der Waals surface area contributed by atoms with Crippen molar-refractivity contribution in [1.82, 2.24) is 15.3 Å². The van der Waals surface area contributed by atoms with Gasteiger partial charge >= 0.3 is 0 Å². The molecule has 0 spiro atoms. The first-order valence-electron chi connectivity index (χ1n) is 7.67. The van der Waals surface area contributed by atoms with E-state index in [-0.39, 0.29) is 18.6 Å². The molecule has 0 radical (unpaired) electrons. The smallest absolute Gasteiger partial charge is 0.258 e. The Morgan fingerprint density at radius 2 is 1.88 bits per heavy atom. The highest BCUT2D eigenvalue weighted by atomic mass is 16.5. The molecule has 3 aromatic rings. The number of fused-ring (bicyclic) bond motifs is 1. The minimum Gasteiger partial charge on any atom is -0.493 e. The molecule has 1 heterocycles. The number of benzene rings is 2. The van der Waals surface area contributed by atoms with Crippen molar-refractivity contribution < 1.29 is 14.3 Å². The zero-order valence-corrected chi connectivity index (χ0v) is 13.6. The van der Waals surface area contributed by atoms with Crippen molar-refractivity contribution in [1.29, 1.82) is 0 Å². The molecule has 2 N–H and O–H groups in total. The van der Waals surface area contributed by atoms with Gasteiger partial charge in [-0.25, -0.2) is 4.98 Å². The van der Waals surface area contributed by atoms with Gasteiger partial charge < -0.3 is 19.8 Å². The molecular weight excluding hydrogens is 306 g/mol. The summed E-state index contributed by atoms with van der Waals surface area (Å²) in [5.74, 6) is 1.61. The van der Waals surface area contributed by atoms with Gasteiger partial charge in [-0.3, -0.25) is 4.79 Å². The van der Waals surface area contributed by atoms with Crippen LogP contribution in [0.25, 0.3) is 11.0 Å². The number of aromatic nitrogens is 2. The van der Waals surface area contributed by atoms with E-state index in [4.69, 9.17) is 9.47 Å². The van der Waals surface area contributed by atoms with E-state index in [1.165, 1.54) is 0 Å². The molecule has 6 heteroatoms. The standard InChI is InChI=1S/C18H19N3O3/c1-12(18-20-13-7-3-4-8-14(13)21-18)19-17(22)11-24-16-10-6-5-9-15(16)23-2/h3-10,12H,11H2,1-2H3,(H,19,22)(H,20,21)/t12-/m0/s1. The molecule has 0 saturated carbocycles. The van der Waals surface area contributed by atoms with E-state index in [9.17, 15) is 4.79 Å². The average Bonchev–Trinajstić information content (AvgIpc) is 3.04. The summed E-state index contributed by atoms with van der Waals surface area (Å²) in [6.45, 7) is 1.78. The zero-order chi connectivity index (χ0) is 16.9. The SMILES string of the molecule is COc1ccccc1OCC(=O)N[C@@H](C)c1nc2ccccc2[nH]1. The molecule has 2 aromatic carbocycles. The van der Waals surface area contributed by atoms with Crippen molar-refractivity contribution in [3.8, 4) is 11.5 Å². The van der Waals surface area contributed by atoms with E-state index >= 15 is 0 Å². The Morgan fingerprint density at radius 3 is 2.62 bits per heavy atom. The highest BCUT2D eigenvalue weighted by Gasteiger charge is 2.14. The number of nitrogens with zero attached hydrogens (tertiary/aromatic N) is 1. The molecule has 0 fully saturated rings. The third kappa shape index (κ3) is 3.48. The lowest BCUT2D eigenvalue weighted by atomic mass is 10.3. The number of carbonyl (C=O) groups is 1. The van der Waals surface area contributed by atoms with Crippen LogP contribution in [0.2, 0.25) is 0 Å². The van der Waals surface area contributed by atoms with Crippen LogP contribution in [0.15, 0.2) is 48.5 Å². The Morgan fingerprint density at radius 1 is 1.17 bits per heavy atom. The number of H-pyrrole nitrogens is 1. The van der Waals surface area contributed by atoms with Gasteiger partial charge in [-0.15, -0.1) is 0 Å². The lowest BCUT2D eigenvalue weighted by Gasteiger charge is -2.13. The molecule has 6 nitrogen and oxygen atoms in total. The summed E-state index contributed by atoms with van der Waals surface area (Å²) in [6, 6.07) is 14.7. The average molecular weight is 325 g/mol. The third-order valence-electron chi connectivity index (χ3n) is 3.62. The van der Waals surface area contributed by atoms with Gasteiger partial charge in [-0.05, 0) is 31.2 Å². The first-order valence-corrected chi connectivity index (χ1v) is 7.67. The summed E-state index contributed by atoms with van der Waals surface area (Å²) in [4.78, 5) is 19.8. The quantitative estimate of drug-likeness (QED) is 0.731. The Kier molecular flexibility index (Phi) is 4.65. The van der Waals surface area contributed by atoms with Crippen molar-refractivity contribution in [2.75, 3.05) is 13.7 Å². The van der Waals surface area contributed by atoms with Gasteiger partial charge in [-0.2, -0.15) is 0 Å². The largest absolute Gasteiger partial charge is 0.493 e. The number of carbonyl (C=O) groups excluding carboxylic acids is 1. The van der Waals surface area contributed by atoms with Crippen molar-refractivity contribution in [3.63, 3.8) is 0 Å². The number of para-hydroxylation sites is 4. The molecule has 0 aliphatic heterocycles. The molecule has 1 amide bonds. The van der Waals surface area contributed by atoms with Gasteiger partial charge in [0.25, 0.3) is 5.91 Å². The van der Waals surface area contributed by atoms with Crippen LogP contribution in [0.4, 0.5) is 0 Å². The normalized spacial score (nSPS) is 11.9. The second-order valence-corrected chi connectivity index (χ2v) is 5.37. The van der Waals surface area contributed by atoms with E-state index < -0.39 is 0 Å². The molecule has 0 bridgehead atoms. The van der Waals surface area contributed by atoms with Gasteiger partial charge in [0, 0.05) is 0 Å². The number of aromatic amines is 1. The summed E-state index contributed by atoms with van der Waals surface area (Å²) < 4.78 is 10.7. The van der Waals surface area contributed by atoms with Crippen molar-refractivity contribution in [2.45, 2.75) is 13.0 Å². The van der Waals surface area contributed by atoms with E-state index in [1.807, 2.05) is 43.3 Å². The lowest BCUT2D eigenvalue weighted by molar-refractivity contribution is -0.123. The zero-order valence-electron chi connectivity index (χ0n) is 13.6. The highest BCUT2D eigenvalue weighted by molar-refractivity contribution is 5.78. The predicted octanol–water partition coefficient (Wildman–Crippen LogP) is 2.83. The Bertz CT molecular complexity index is 811. The molecule has 124 valence electrons. The maximum absolute atomic E-state index is 12.1. The molecule has 0 aliphatic rings. The molecule has 1 atom stereocenters. The van der Waals surface area contributed by atoms with Gasteiger partial charge in [0.2, 0.25) is 0 Å². The molecular formula is C18H19N3O3. The monoisotopic (exact) mass is 325 g/mol. The van der Waals surface area contributed by atoms with Crippen LogP contribution in [-0.4, -0.2) is 29.6 Å². The fourth-order valence-electron chi connectivity index (χ4n) is 2.41. The fraction of sp³-hybridized carbons (Fsp3) is 0.222. The van der Waals surface area contributed by atoms with Crippen LogP contribution in [0.1, 0.15) is 18.8 Å². The number of hydrogen-bond donors (Lipinski definition) is 2. The molecule has 0 unspecified atom stereocenters. The second kappa shape index (κ2) is 7.04. The Labute approximate surface area is 139 Å². The van der Waals surface area contributed by atoms with E-state index in [0.29, 0.717) is 17.3 Å². The second-order valence-electron chi connectivity index (χ2n) is 5.37.